The van der Waals surface area contributed by atoms with Gasteiger partial charge in [0.2, 0.25) is 0 Å². The van der Waals surface area contributed by atoms with Crippen molar-refractivity contribution in [2.75, 3.05) is 27.3 Å². The van der Waals surface area contributed by atoms with Crippen molar-refractivity contribution in [2.24, 2.45) is 0 Å². The molecule has 2 atom stereocenters. The molecule has 1 aromatic carbocycles. The Morgan fingerprint density at radius 3 is 2.75 bits per heavy atom. The molecule has 1 fully saturated rings. The van der Waals surface area contributed by atoms with Crippen LogP contribution in [0.5, 0.6) is 11.5 Å². The van der Waals surface area contributed by atoms with Gasteiger partial charge in [0.1, 0.15) is 0 Å². The maximum atomic E-state index is 9.69. The standard InChI is InChI=1S/C16H25NO3/c1-12(13-6-7-14(18)15(10-13)19-3)17-9-5-8-16(2,11-17)20-4/h6-7,10,12,18H,5,8-9,11H2,1-4H3. The number of hydrogen-bond acceptors (Lipinski definition) is 4. The number of piperidine rings is 1. The van der Waals surface area contributed by atoms with E-state index >= 15 is 0 Å². The van der Waals surface area contributed by atoms with Gasteiger partial charge in [-0.25, -0.2) is 0 Å². The summed E-state index contributed by atoms with van der Waals surface area (Å²) in [5.41, 5.74) is 1.09. The van der Waals surface area contributed by atoms with E-state index < -0.39 is 0 Å². The van der Waals surface area contributed by atoms with Gasteiger partial charge in [-0.3, -0.25) is 4.90 Å². The molecule has 0 aliphatic carbocycles. The fourth-order valence-corrected chi connectivity index (χ4v) is 2.91. The van der Waals surface area contributed by atoms with E-state index in [4.69, 9.17) is 9.47 Å². The molecule has 0 bridgehead atoms. The van der Waals surface area contributed by atoms with E-state index in [0.29, 0.717) is 5.75 Å². The second-order valence-corrected chi connectivity index (χ2v) is 5.84. The molecule has 0 spiro atoms. The summed E-state index contributed by atoms with van der Waals surface area (Å²) >= 11 is 0. The highest BCUT2D eigenvalue weighted by atomic mass is 16.5. The van der Waals surface area contributed by atoms with Crippen LogP contribution in [0.15, 0.2) is 18.2 Å². The smallest absolute Gasteiger partial charge is 0.160 e. The first kappa shape index (κ1) is 15.1. The average Bonchev–Trinajstić information content (AvgIpc) is 2.47. The summed E-state index contributed by atoms with van der Waals surface area (Å²) in [7, 11) is 3.37. The first-order chi connectivity index (χ1) is 9.49. The fraction of sp³-hybridized carbons (Fsp3) is 0.625. The predicted octanol–water partition coefficient (Wildman–Crippen LogP) is 2.96. The highest BCUT2D eigenvalue weighted by Gasteiger charge is 2.33. The lowest BCUT2D eigenvalue weighted by Crippen LogP contribution is -2.48. The van der Waals surface area contributed by atoms with Gasteiger partial charge in [-0.2, -0.15) is 0 Å². The van der Waals surface area contributed by atoms with E-state index in [2.05, 4.69) is 18.7 Å². The summed E-state index contributed by atoms with van der Waals surface area (Å²) < 4.78 is 10.8. The first-order valence-electron chi connectivity index (χ1n) is 7.15. The molecule has 1 saturated heterocycles. The number of likely N-dealkylation sites (tertiary alicyclic amines) is 1. The molecule has 1 heterocycles. The maximum absolute atomic E-state index is 9.69. The van der Waals surface area contributed by atoms with Crippen LogP contribution in [0.4, 0.5) is 0 Å². The number of aromatic hydroxyl groups is 1. The molecule has 0 radical (unpaired) electrons. The normalized spacial score (nSPS) is 25.4. The van der Waals surface area contributed by atoms with Gasteiger partial charge in [-0.15, -0.1) is 0 Å². The van der Waals surface area contributed by atoms with Gasteiger partial charge in [0.15, 0.2) is 11.5 Å². The van der Waals surface area contributed by atoms with Crippen molar-refractivity contribution in [1.82, 2.24) is 4.90 Å². The molecule has 1 aliphatic heterocycles. The van der Waals surface area contributed by atoms with Crippen LogP contribution < -0.4 is 4.74 Å². The third-order valence-corrected chi connectivity index (χ3v) is 4.42. The molecule has 112 valence electrons. The summed E-state index contributed by atoms with van der Waals surface area (Å²) in [6.45, 7) is 6.35. The summed E-state index contributed by atoms with van der Waals surface area (Å²) in [4.78, 5) is 2.43. The number of hydrogen-bond donors (Lipinski definition) is 1. The van der Waals surface area contributed by atoms with Gasteiger partial charge in [0.05, 0.1) is 12.7 Å². The molecular weight excluding hydrogens is 254 g/mol. The molecular formula is C16H25NO3. The van der Waals surface area contributed by atoms with Crippen molar-refractivity contribution in [3.8, 4) is 11.5 Å². The lowest BCUT2D eigenvalue weighted by atomic mass is 9.92. The Bertz CT molecular complexity index is 463. The predicted molar refractivity (Wildman–Crippen MR) is 79.3 cm³/mol. The molecule has 0 aromatic heterocycles. The molecule has 1 N–H and O–H groups in total. The second-order valence-electron chi connectivity index (χ2n) is 5.84. The van der Waals surface area contributed by atoms with E-state index in [1.165, 1.54) is 0 Å². The van der Waals surface area contributed by atoms with Gasteiger partial charge < -0.3 is 14.6 Å². The Kier molecular flexibility index (Phi) is 4.55. The molecule has 20 heavy (non-hydrogen) atoms. The molecule has 0 amide bonds. The van der Waals surface area contributed by atoms with E-state index in [1.807, 2.05) is 12.1 Å². The molecule has 4 nitrogen and oxygen atoms in total. The Morgan fingerprint density at radius 2 is 2.10 bits per heavy atom. The Balaban J connectivity index is 2.16. The van der Waals surface area contributed by atoms with Crippen LogP contribution in [0.1, 0.15) is 38.3 Å². The van der Waals surface area contributed by atoms with Crippen LogP contribution in [0.3, 0.4) is 0 Å². The zero-order chi connectivity index (χ0) is 14.8. The highest BCUT2D eigenvalue weighted by Crippen LogP contribution is 2.34. The topological polar surface area (TPSA) is 41.9 Å². The first-order valence-corrected chi connectivity index (χ1v) is 7.15. The lowest BCUT2D eigenvalue weighted by molar-refractivity contribution is -0.0599. The van der Waals surface area contributed by atoms with Gasteiger partial charge in [-0.1, -0.05) is 6.07 Å². The van der Waals surface area contributed by atoms with Crippen molar-refractivity contribution in [3.63, 3.8) is 0 Å². The van der Waals surface area contributed by atoms with E-state index in [-0.39, 0.29) is 17.4 Å². The molecule has 1 aromatic rings. The Hall–Kier alpha value is -1.26. The van der Waals surface area contributed by atoms with Gasteiger partial charge in [0, 0.05) is 19.7 Å². The van der Waals surface area contributed by atoms with Crippen molar-refractivity contribution < 1.29 is 14.6 Å². The Morgan fingerprint density at radius 1 is 1.35 bits per heavy atom. The zero-order valence-corrected chi connectivity index (χ0v) is 12.8. The van der Waals surface area contributed by atoms with Crippen LogP contribution in [0.25, 0.3) is 0 Å². The average molecular weight is 279 g/mol. The van der Waals surface area contributed by atoms with E-state index in [1.54, 1.807) is 20.3 Å². The summed E-state index contributed by atoms with van der Waals surface area (Å²) in [5, 5.41) is 9.69. The van der Waals surface area contributed by atoms with E-state index in [9.17, 15) is 5.11 Å². The summed E-state index contributed by atoms with van der Waals surface area (Å²) in [6, 6.07) is 5.85. The zero-order valence-electron chi connectivity index (χ0n) is 12.8. The van der Waals surface area contributed by atoms with Crippen LogP contribution in [0, 0.1) is 0 Å². The Labute approximate surface area is 121 Å². The summed E-state index contributed by atoms with van der Waals surface area (Å²) in [5.74, 6) is 0.713. The number of methoxy groups -OCH3 is 2. The van der Waals surface area contributed by atoms with Crippen molar-refractivity contribution in [2.45, 2.75) is 38.3 Å². The molecule has 2 unspecified atom stereocenters. The number of rotatable bonds is 4. The molecule has 0 saturated carbocycles. The van der Waals surface area contributed by atoms with Gasteiger partial charge in [0.25, 0.3) is 0 Å². The summed E-state index contributed by atoms with van der Waals surface area (Å²) in [6.07, 6.45) is 2.25. The number of nitrogens with zero attached hydrogens (tertiary/aromatic N) is 1. The van der Waals surface area contributed by atoms with Crippen LogP contribution in [0.2, 0.25) is 0 Å². The minimum Gasteiger partial charge on any atom is -0.504 e. The number of ether oxygens (including phenoxy) is 2. The third-order valence-electron chi connectivity index (χ3n) is 4.42. The van der Waals surface area contributed by atoms with Crippen LogP contribution >= 0.6 is 0 Å². The maximum Gasteiger partial charge on any atom is 0.160 e. The minimum absolute atomic E-state index is 0.0620. The molecule has 2 rings (SSSR count). The molecule has 1 aliphatic rings. The van der Waals surface area contributed by atoms with Crippen LogP contribution in [-0.2, 0) is 4.74 Å². The number of phenolic OH excluding ortho intramolecular Hbond substituents is 1. The van der Waals surface area contributed by atoms with Crippen LogP contribution in [-0.4, -0.2) is 42.9 Å². The van der Waals surface area contributed by atoms with E-state index in [0.717, 1.165) is 31.5 Å². The third kappa shape index (κ3) is 3.07. The van der Waals surface area contributed by atoms with Crippen molar-refractivity contribution in [3.05, 3.63) is 23.8 Å². The highest BCUT2D eigenvalue weighted by molar-refractivity contribution is 5.42. The van der Waals surface area contributed by atoms with Crippen molar-refractivity contribution >= 4 is 0 Å². The quantitative estimate of drug-likeness (QED) is 0.920. The minimum atomic E-state index is -0.0620. The molecule has 4 heteroatoms. The fourth-order valence-electron chi connectivity index (χ4n) is 2.91. The number of benzene rings is 1. The SMILES string of the molecule is COc1cc(C(C)N2CCCC(C)(OC)C2)ccc1O. The van der Waals surface area contributed by atoms with Gasteiger partial charge >= 0.3 is 0 Å². The van der Waals surface area contributed by atoms with Crippen molar-refractivity contribution in [1.29, 1.82) is 0 Å². The largest absolute Gasteiger partial charge is 0.504 e. The number of phenols is 1. The lowest BCUT2D eigenvalue weighted by Gasteiger charge is -2.42. The van der Waals surface area contributed by atoms with Gasteiger partial charge in [-0.05, 0) is 50.9 Å². The second kappa shape index (κ2) is 6.02. The monoisotopic (exact) mass is 279 g/mol.